The number of aryl methyl sites for hydroxylation is 1. The second-order valence-corrected chi connectivity index (χ2v) is 5.25. The summed E-state index contributed by atoms with van der Waals surface area (Å²) in [4.78, 5) is 1.11. The Balaban J connectivity index is 2.35. The van der Waals surface area contributed by atoms with Crippen molar-refractivity contribution in [3.8, 4) is 0 Å². The van der Waals surface area contributed by atoms with E-state index in [0.29, 0.717) is 12.0 Å². The van der Waals surface area contributed by atoms with Crippen molar-refractivity contribution in [1.29, 1.82) is 0 Å². The molecule has 0 bridgehead atoms. The van der Waals surface area contributed by atoms with Gasteiger partial charge >= 0.3 is 0 Å². The molecule has 0 fully saturated rings. The number of hydrogen-bond acceptors (Lipinski definition) is 2. The van der Waals surface area contributed by atoms with Crippen LogP contribution in [0.15, 0.2) is 29.6 Å². The Morgan fingerprint density at radius 1 is 1.28 bits per heavy atom. The molecule has 0 spiro atoms. The van der Waals surface area contributed by atoms with E-state index in [-0.39, 0.29) is 11.6 Å². The molecule has 1 nitrogen and oxygen atoms in total. The molecule has 1 N–H and O–H groups in total. The minimum atomic E-state index is -0.492. The van der Waals surface area contributed by atoms with Crippen molar-refractivity contribution in [3.05, 3.63) is 57.3 Å². The molecule has 0 saturated carbocycles. The predicted octanol–water partition coefficient (Wildman–Crippen LogP) is 3.84. The highest BCUT2D eigenvalue weighted by atomic mass is 32.1. The van der Waals surface area contributed by atoms with Gasteiger partial charge in [-0.3, -0.25) is 0 Å². The maximum absolute atomic E-state index is 14.1. The van der Waals surface area contributed by atoms with Gasteiger partial charge in [0.15, 0.2) is 0 Å². The summed E-state index contributed by atoms with van der Waals surface area (Å²) in [6.07, 6.45) is 0.589. The number of nitrogens with one attached hydrogen (secondary N) is 1. The van der Waals surface area contributed by atoms with Gasteiger partial charge < -0.3 is 5.32 Å². The lowest BCUT2D eigenvalue weighted by Crippen LogP contribution is -2.21. The Hall–Kier alpha value is -1.26. The van der Waals surface area contributed by atoms with E-state index >= 15 is 0 Å². The topological polar surface area (TPSA) is 12.0 Å². The molecule has 0 aliphatic heterocycles. The number of likely N-dealkylation sites (N-methyl/N-ethyl adjacent to an activating group) is 1. The average molecular weight is 267 g/mol. The lowest BCUT2D eigenvalue weighted by Gasteiger charge is -2.18. The molecule has 2 aromatic rings. The molecule has 4 heteroatoms. The van der Waals surface area contributed by atoms with Crippen LogP contribution < -0.4 is 5.32 Å². The third-order valence-electron chi connectivity index (χ3n) is 3.00. The van der Waals surface area contributed by atoms with Gasteiger partial charge in [-0.05, 0) is 37.0 Å². The first kappa shape index (κ1) is 13.2. The van der Waals surface area contributed by atoms with E-state index in [1.807, 2.05) is 17.5 Å². The molecule has 0 amide bonds. The lowest BCUT2D eigenvalue weighted by molar-refractivity contribution is 0.487. The summed E-state index contributed by atoms with van der Waals surface area (Å²) in [5, 5.41) is 4.96. The third kappa shape index (κ3) is 2.60. The van der Waals surface area contributed by atoms with E-state index in [1.54, 1.807) is 25.3 Å². The molecule has 1 aromatic carbocycles. The van der Waals surface area contributed by atoms with Crippen LogP contribution in [0.4, 0.5) is 8.78 Å². The second-order valence-electron chi connectivity index (χ2n) is 4.22. The summed E-state index contributed by atoms with van der Waals surface area (Å²) in [5.41, 5.74) is 0.601. The molecule has 1 atom stereocenters. The van der Waals surface area contributed by atoms with Crippen molar-refractivity contribution in [2.45, 2.75) is 19.4 Å². The zero-order valence-corrected chi connectivity index (χ0v) is 11.2. The van der Waals surface area contributed by atoms with E-state index in [9.17, 15) is 8.78 Å². The molecule has 0 saturated heterocycles. The van der Waals surface area contributed by atoms with Gasteiger partial charge in [-0.1, -0.05) is 12.1 Å². The SMILES string of the molecule is CNC(Cc1cccs1)c1c(F)ccc(C)c1F. The van der Waals surface area contributed by atoms with E-state index in [0.717, 1.165) is 4.88 Å². The van der Waals surface area contributed by atoms with Gasteiger partial charge in [0.2, 0.25) is 0 Å². The van der Waals surface area contributed by atoms with Gasteiger partial charge in [-0.2, -0.15) is 0 Å². The summed E-state index contributed by atoms with van der Waals surface area (Å²) >= 11 is 1.59. The van der Waals surface area contributed by atoms with E-state index in [4.69, 9.17) is 0 Å². The fraction of sp³-hybridized carbons (Fsp3) is 0.286. The molecule has 0 aliphatic carbocycles. The monoisotopic (exact) mass is 267 g/mol. The Morgan fingerprint density at radius 3 is 2.67 bits per heavy atom. The first-order chi connectivity index (χ1) is 8.63. The van der Waals surface area contributed by atoms with Crippen molar-refractivity contribution < 1.29 is 8.78 Å². The zero-order chi connectivity index (χ0) is 13.1. The Morgan fingerprint density at radius 2 is 2.06 bits per heavy atom. The van der Waals surface area contributed by atoms with Crippen molar-refractivity contribution >= 4 is 11.3 Å². The normalized spacial score (nSPS) is 12.7. The maximum atomic E-state index is 14.1. The molecular formula is C14H15F2NS. The molecule has 0 radical (unpaired) electrons. The summed E-state index contributed by atoms with van der Waals surface area (Å²) in [5.74, 6) is -0.945. The average Bonchev–Trinajstić information content (AvgIpc) is 2.86. The van der Waals surface area contributed by atoms with Crippen molar-refractivity contribution in [2.24, 2.45) is 0 Å². The summed E-state index contributed by atoms with van der Waals surface area (Å²) < 4.78 is 27.9. The summed E-state index contributed by atoms with van der Waals surface area (Å²) in [6.45, 7) is 1.65. The molecular weight excluding hydrogens is 252 g/mol. The highest BCUT2D eigenvalue weighted by molar-refractivity contribution is 7.09. The van der Waals surface area contributed by atoms with Gasteiger partial charge in [-0.15, -0.1) is 11.3 Å². The number of hydrogen-bond donors (Lipinski definition) is 1. The first-order valence-corrected chi connectivity index (χ1v) is 6.65. The van der Waals surface area contributed by atoms with Crippen LogP contribution in [0.25, 0.3) is 0 Å². The lowest BCUT2D eigenvalue weighted by atomic mass is 9.99. The quantitative estimate of drug-likeness (QED) is 0.887. The molecule has 2 rings (SSSR count). The van der Waals surface area contributed by atoms with Crippen LogP contribution in [0.5, 0.6) is 0 Å². The molecule has 0 aliphatic rings. The number of rotatable bonds is 4. The van der Waals surface area contributed by atoms with Crippen LogP contribution in [0.1, 0.15) is 22.0 Å². The molecule has 96 valence electrons. The highest BCUT2D eigenvalue weighted by Crippen LogP contribution is 2.27. The maximum Gasteiger partial charge on any atom is 0.133 e. The van der Waals surface area contributed by atoms with Crippen LogP contribution in [-0.4, -0.2) is 7.05 Å². The van der Waals surface area contributed by atoms with Crippen molar-refractivity contribution in [2.75, 3.05) is 7.05 Å². The van der Waals surface area contributed by atoms with E-state index in [1.165, 1.54) is 12.1 Å². The van der Waals surface area contributed by atoms with Gasteiger partial charge in [0.1, 0.15) is 11.6 Å². The van der Waals surface area contributed by atoms with Crippen molar-refractivity contribution in [1.82, 2.24) is 5.32 Å². The van der Waals surface area contributed by atoms with E-state index in [2.05, 4.69) is 5.32 Å². The Labute approximate surface area is 109 Å². The second kappa shape index (κ2) is 5.59. The van der Waals surface area contributed by atoms with Crippen LogP contribution in [-0.2, 0) is 6.42 Å². The Bertz CT molecular complexity index is 523. The largest absolute Gasteiger partial charge is 0.313 e. The van der Waals surface area contributed by atoms with Crippen LogP contribution in [0.3, 0.4) is 0 Å². The van der Waals surface area contributed by atoms with Gasteiger partial charge in [0.05, 0.1) is 0 Å². The van der Waals surface area contributed by atoms with E-state index < -0.39 is 11.6 Å². The zero-order valence-electron chi connectivity index (χ0n) is 10.3. The first-order valence-electron chi connectivity index (χ1n) is 5.77. The summed E-state index contributed by atoms with van der Waals surface area (Å²) in [7, 11) is 1.72. The number of thiophene rings is 1. The van der Waals surface area contributed by atoms with Gasteiger partial charge in [0.25, 0.3) is 0 Å². The minimum absolute atomic E-state index is 0.130. The van der Waals surface area contributed by atoms with Gasteiger partial charge in [-0.25, -0.2) is 8.78 Å². The highest BCUT2D eigenvalue weighted by Gasteiger charge is 2.20. The number of halogens is 2. The fourth-order valence-corrected chi connectivity index (χ4v) is 2.73. The standard InChI is InChI=1S/C14H15F2NS/c1-9-5-6-11(15)13(14(9)16)12(17-2)8-10-4-3-7-18-10/h3-7,12,17H,8H2,1-2H3. The summed E-state index contributed by atoms with van der Waals surface area (Å²) in [6, 6.07) is 6.36. The minimum Gasteiger partial charge on any atom is -0.313 e. The van der Waals surface area contributed by atoms with Crippen LogP contribution >= 0.6 is 11.3 Å². The van der Waals surface area contributed by atoms with Gasteiger partial charge in [0, 0.05) is 22.9 Å². The third-order valence-corrected chi connectivity index (χ3v) is 3.90. The molecule has 18 heavy (non-hydrogen) atoms. The molecule has 1 unspecified atom stereocenters. The fourth-order valence-electron chi connectivity index (χ4n) is 1.98. The van der Waals surface area contributed by atoms with Crippen LogP contribution in [0, 0.1) is 18.6 Å². The molecule has 1 heterocycles. The van der Waals surface area contributed by atoms with Crippen molar-refractivity contribution in [3.63, 3.8) is 0 Å². The predicted molar refractivity (Wildman–Crippen MR) is 70.9 cm³/mol. The Kier molecular flexibility index (Phi) is 4.09. The van der Waals surface area contributed by atoms with Crippen LogP contribution in [0.2, 0.25) is 0 Å². The smallest absolute Gasteiger partial charge is 0.133 e. The number of benzene rings is 1. The molecule has 1 aromatic heterocycles.